The van der Waals surface area contributed by atoms with Gasteiger partial charge in [-0.1, -0.05) is 15.9 Å². The first-order valence-corrected chi connectivity index (χ1v) is 9.91. The Labute approximate surface area is 171 Å². The molecule has 0 spiro atoms. The number of halogens is 1. The molecule has 7 nitrogen and oxygen atoms in total. The predicted molar refractivity (Wildman–Crippen MR) is 112 cm³/mol. The Morgan fingerprint density at radius 2 is 2.00 bits per heavy atom. The zero-order valence-electron chi connectivity index (χ0n) is 16.0. The highest BCUT2D eigenvalue weighted by atomic mass is 79.9. The average molecular weight is 441 g/mol. The van der Waals surface area contributed by atoms with E-state index in [0.29, 0.717) is 24.6 Å². The number of nitrogens with one attached hydrogen (secondary N) is 1. The van der Waals surface area contributed by atoms with Gasteiger partial charge in [-0.2, -0.15) is 5.10 Å². The minimum Gasteiger partial charge on any atom is -0.357 e. The molecule has 3 aromatic rings. The zero-order valence-corrected chi connectivity index (χ0v) is 17.6. The summed E-state index contributed by atoms with van der Waals surface area (Å²) < 4.78 is 2.79. The van der Waals surface area contributed by atoms with Crippen LogP contribution in [-0.2, 0) is 4.79 Å². The summed E-state index contributed by atoms with van der Waals surface area (Å²) in [6.07, 6.45) is 4.01. The Morgan fingerprint density at radius 3 is 2.71 bits per heavy atom. The highest BCUT2D eigenvalue weighted by Crippen LogP contribution is 2.27. The molecule has 1 unspecified atom stereocenters. The van der Waals surface area contributed by atoms with Gasteiger partial charge in [0.1, 0.15) is 11.9 Å². The summed E-state index contributed by atoms with van der Waals surface area (Å²) in [6, 6.07) is 7.62. The number of hydrogen-bond acceptors (Lipinski definition) is 5. The van der Waals surface area contributed by atoms with E-state index in [1.54, 1.807) is 17.1 Å². The molecule has 1 aromatic carbocycles. The maximum Gasteiger partial charge on any atom is 0.249 e. The molecule has 1 aliphatic rings. The van der Waals surface area contributed by atoms with Crippen LogP contribution in [0, 0.1) is 20.8 Å². The van der Waals surface area contributed by atoms with Gasteiger partial charge in [-0.3, -0.25) is 9.78 Å². The molecule has 144 valence electrons. The Morgan fingerprint density at radius 1 is 1.18 bits per heavy atom. The van der Waals surface area contributed by atoms with Gasteiger partial charge in [0, 0.05) is 22.4 Å². The van der Waals surface area contributed by atoms with Gasteiger partial charge < -0.3 is 10.2 Å². The zero-order chi connectivity index (χ0) is 19.8. The van der Waals surface area contributed by atoms with E-state index in [-0.39, 0.29) is 11.9 Å². The van der Waals surface area contributed by atoms with E-state index < -0.39 is 0 Å². The monoisotopic (exact) mass is 440 g/mol. The Hall–Kier alpha value is -2.74. The molecule has 1 N–H and O–H groups in total. The third kappa shape index (κ3) is 3.52. The number of amides is 1. The minimum absolute atomic E-state index is 0.0417. The number of rotatable bonds is 4. The third-order valence-electron chi connectivity index (χ3n) is 4.83. The number of nitrogens with zero attached hydrogens (tertiary/aromatic N) is 5. The number of hydrogen-bond donors (Lipinski definition) is 1. The van der Waals surface area contributed by atoms with Gasteiger partial charge >= 0.3 is 0 Å². The minimum atomic E-state index is -0.325. The Kier molecular flexibility index (Phi) is 4.89. The van der Waals surface area contributed by atoms with Gasteiger partial charge in [-0.05, 0) is 57.0 Å². The molecule has 0 radical (unpaired) electrons. The van der Waals surface area contributed by atoms with E-state index in [1.807, 2.05) is 49.9 Å². The van der Waals surface area contributed by atoms with Crippen LogP contribution in [0.15, 0.2) is 41.1 Å². The average Bonchev–Trinajstić information content (AvgIpc) is 3.20. The second-order valence-corrected chi connectivity index (χ2v) is 7.86. The highest BCUT2D eigenvalue weighted by Gasteiger charge is 2.33. The van der Waals surface area contributed by atoms with Crippen molar-refractivity contribution in [1.29, 1.82) is 0 Å². The molecule has 1 fully saturated rings. The van der Waals surface area contributed by atoms with E-state index in [2.05, 4.69) is 36.3 Å². The molecule has 4 rings (SSSR count). The lowest BCUT2D eigenvalue weighted by Crippen LogP contribution is -2.33. The predicted octanol–water partition coefficient (Wildman–Crippen LogP) is 3.57. The quantitative estimate of drug-likeness (QED) is 0.670. The fraction of sp³-hybridized carbons (Fsp3) is 0.300. The van der Waals surface area contributed by atoms with Crippen LogP contribution >= 0.6 is 15.9 Å². The summed E-state index contributed by atoms with van der Waals surface area (Å²) in [7, 11) is 0. The first-order chi connectivity index (χ1) is 13.4. The number of carbonyl (C=O) groups is 1. The van der Waals surface area contributed by atoms with Crippen molar-refractivity contribution in [3.8, 4) is 5.82 Å². The SMILES string of the molecule is Cc1cc(C)n(-c2cncc(NC3CCN(c4ccc(Br)c(C)c4)C3=O)n2)n1. The highest BCUT2D eigenvalue weighted by molar-refractivity contribution is 9.10. The summed E-state index contributed by atoms with van der Waals surface area (Å²) in [5.74, 6) is 1.23. The van der Waals surface area contributed by atoms with E-state index in [9.17, 15) is 4.79 Å². The van der Waals surface area contributed by atoms with Gasteiger partial charge in [0.05, 0.1) is 18.1 Å². The topological polar surface area (TPSA) is 75.9 Å². The fourth-order valence-corrected chi connectivity index (χ4v) is 3.68. The van der Waals surface area contributed by atoms with Crippen molar-refractivity contribution in [3.63, 3.8) is 0 Å². The van der Waals surface area contributed by atoms with Crippen molar-refractivity contribution in [2.45, 2.75) is 33.2 Å². The summed E-state index contributed by atoms with van der Waals surface area (Å²) in [5.41, 5.74) is 3.92. The van der Waals surface area contributed by atoms with Crippen LogP contribution < -0.4 is 10.2 Å². The maximum absolute atomic E-state index is 12.9. The second kappa shape index (κ2) is 7.35. The lowest BCUT2D eigenvalue weighted by Gasteiger charge is -2.18. The molecule has 0 bridgehead atoms. The summed E-state index contributed by atoms with van der Waals surface area (Å²) in [4.78, 5) is 23.6. The number of carbonyl (C=O) groups excluding carboxylic acids is 1. The first-order valence-electron chi connectivity index (χ1n) is 9.12. The van der Waals surface area contributed by atoms with Crippen LogP contribution in [0.3, 0.4) is 0 Å². The molecule has 0 aliphatic carbocycles. The van der Waals surface area contributed by atoms with Crippen LogP contribution in [0.4, 0.5) is 11.5 Å². The lowest BCUT2D eigenvalue weighted by atomic mass is 10.2. The maximum atomic E-state index is 12.9. The fourth-order valence-electron chi connectivity index (χ4n) is 3.43. The molecular formula is C20H21BrN6O. The van der Waals surface area contributed by atoms with E-state index in [0.717, 1.165) is 27.1 Å². The first kappa shape index (κ1) is 18.6. The summed E-state index contributed by atoms with van der Waals surface area (Å²) >= 11 is 3.50. The van der Waals surface area contributed by atoms with Crippen LogP contribution in [-0.4, -0.2) is 38.2 Å². The lowest BCUT2D eigenvalue weighted by molar-refractivity contribution is -0.117. The number of aryl methyl sites for hydroxylation is 3. The number of anilines is 2. The van der Waals surface area contributed by atoms with Crippen molar-refractivity contribution in [1.82, 2.24) is 19.7 Å². The molecule has 1 atom stereocenters. The van der Waals surface area contributed by atoms with Crippen molar-refractivity contribution in [2.75, 3.05) is 16.8 Å². The van der Waals surface area contributed by atoms with Crippen LogP contribution in [0.5, 0.6) is 0 Å². The standard InChI is InChI=1S/C20H21BrN6O/c1-12-8-15(4-5-16(12)21)26-7-6-17(20(26)28)23-18-10-22-11-19(24-18)27-14(3)9-13(2)25-27/h4-5,8-11,17H,6-7H2,1-3H3,(H,23,24). The molecule has 28 heavy (non-hydrogen) atoms. The summed E-state index contributed by atoms with van der Waals surface area (Å²) in [6.45, 7) is 6.60. The van der Waals surface area contributed by atoms with Crippen molar-refractivity contribution < 1.29 is 4.79 Å². The molecule has 1 saturated heterocycles. The molecule has 8 heteroatoms. The van der Waals surface area contributed by atoms with E-state index in [1.165, 1.54) is 0 Å². The van der Waals surface area contributed by atoms with Crippen LogP contribution in [0.2, 0.25) is 0 Å². The van der Waals surface area contributed by atoms with E-state index in [4.69, 9.17) is 0 Å². The molecule has 0 saturated carbocycles. The number of benzene rings is 1. The van der Waals surface area contributed by atoms with E-state index >= 15 is 0 Å². The van der Waals surface area contributed by atoms with Crippen molar-refractivity contribution >= 4 is 33.3 Å². The van der Waals surface area contributed by atoms with Gasteiger partial charge in [0.15, 0.2) is 5.82 Å². The largest absolute Gasteiger partial charge is 0.357 e. The molecule has 1 amide bonds. The number of aromatic nitrogens is 4. The molecule has 3 heterocycles. The molecule has 1 aliphatic heterocycles. The Balaban J connectivity index is 1.52. The second-order valence-electron chi connectivity index (χ2n) is 7.01. The van der Waals surface area contributed by atoms with Crippen molar-refractivity contribution in [3.05, 3.63) is 58.1 Å². The molecular weight excluding hydrogens is 420 g/mol. The normalized spacial score (nSPS) is 16.6. The van der Waals surface area contributed by atoms with Crippen LogP contribution in [0.25, 0.3) is 5.82 Å². The smallest absolute Gasteiger partial charge is 0.249 e. The summed E-state index contributed by atoms with van der Waals surface area (Å²) in [5, 5.41) is 7.68. The van der Waals surface area contributed by atoms with Gasteiger partial charge in [-0.25, -0.2) is 9.67 Å². The third-order valence-corrected chi connectivity index (χ3v) is 5.72. The molecule has 2 aromatic heterocycles. The Bertz CT molecular complexity index is 1050. The van der Waals surface area contributed by atoms with Gasteiger partial charge in [-0.15, -0.1) is 0 Å². The van der Waals surface area contributed by atoms with Gasteiger partial charge in [0.25, 0.3) is 0 Å². The van der Waals surface area contributed by atoms with Gasteiger partial charge in [0.2, 0.25) is 5.91 Å². The van der Waals surface area contributed by atoms with Crippen LogP contribution in [0.1, 0.15) is 23.4 Å². The van der Waals surface area contributed by atoms with Crippen molar-refractivity contribution in [2.24, 2.45) is 0 Å².